The Morgan fingerprint density at radius 2 is 1.68 bits per heavy atom. The van der Waals surface area contributed by atoms with E-state index < -0.39 is 24.0 Å². The molecule has 28 heavy (non-hydrogen) atoms. The summed E-state index contributed by atoms with van der Waals surface area (Å²) in [5.74, 6) is -2.65. The van der Waals surface area contributed by atoms with Crippen LogP contribution in [0.4, 0.5) is 0 Å². The van der Waals surface area contributed by atoms with Gasteiger partial charge in [-0.25, -0.2) is 4.79 Å². The van der Waals surface area contributed by atoms with Crippen LogP contribution in [0.15, 0.2) is 12.2 Å². The molecule has 3 atom stereocenters. The van der Waals surface area contributed by atoms with Gasteiger partial charge in [0.05, 0.1) is 25.7 Å². The number of carbonyl (C=O) groups excluding carboxylic acids is 2. The Morgan fingerprint density at radius 3 is 2.11 bits per heavy atom. The van der Waals surface area contributed by atoms with Crippen molar-refractivity contribution < 1.29 is 63.7 Å². The van der Waals surface area contributed by atoms with Gasteiger partial charge < -0.3 is 29.9 Å². The van der Waals surface area contributed by atoms with E-state index in [1.165, 1.54) is 0 Å². The third-order valence-electron chi connectivity index (χ3n) is 4.88. The summed E-state index contributed by atoms with van der Waals surface area (Å²) in [5, 5.41) is 33.6. The molecule has 0 saturated heterocycles. The minimum Gasteiger partial charge on any atom is -0.544 e. The Bertz CT molecular complexity index is 491. The molecule has 0 bridgehead atoms. The van der Waals surface area contributed by atoms with Crippen molar-refractivity contribution in [3.05, 3.63) is 12.2 Å². The minimum atomic E-state index is -1.35. The molecule has 156 valence electrons. The molecule has 8 nitrogen and oxygen atoms in total. The Morgan fingerprint density at radius 1 is 1.07 bits per heavy atom. The summed E-state index contributed by atoms with van der Waals surface area (Å²) in [6.45, 7) is 5.15. The second kappa shape index (κ2) is 15.9. The molecule has 1 amide bonds. The van der Waals surface area contributed by atoms with Crippen molar-refractivity contribution in [1.29, 1.82) is 0 Å². The van der Waals surface area contributed by atoms with Gasteiger partial charge in [0.15, 0.2) is 6.04 Å². The van der Waals surface area contributed by atoms with Crippen LogP contribution in [0.2, 0.25) is 0 Å². The molecule has 0 radical (unpaired) electrons. The van der Waals surface area contributed by atoms with Gasteiger partial charge in [0.25, 0.3) is 0 Å². The predicted molar refractivity (Wildman–Crippen MR) is 99.6 cm³/mol. The molecule has 0 saturated carbocycles. The van der Waals surface area contributed by atoms with E-state index in [4.69, 9.17) is 0 Å². The zero-order chi connectivity index (χ0) is 20.9. The predicted octanol–water partition coefficient (Wildman–Crippen LogP) is -2.95. The number of hydrogen-bond donors (Lipinski definition) is 3. The molecule has 0 heterocycles. The molecule has 0 aliphatic carbocycles. The van der Waals surface area contributed by atoms with Crippen molar-refractivity contribution in [2.75, 3.05) is 26.2 Å². The molecule has 0 spiro atoms. The molecule has 0 aromatic carbocycles. The van der Waals surface area contributed by atoms with Crippen molar-refractivity contribution >= 4 is 17.8 Å². The van der Waals surface area contributed by atoms with Crippen LogP contribution >= 0.6 is 0 Å². The van der Waals surface area contributed by atoms with E-state index in [-0.39, 0.29) is 79.0 Å². The zero-order valence-electron chi connectivity index (χ0n) is 17.6. The number of rotatable bonds is 15. The first-order valence-electron chi connectivity index (χ1n) is 9.63. The number of carboxylic acids is 2. The van der Waals surface area contributed by atoms with Gasteiger partial charge in [0.2, 0.25) is 5.91 Å². The number of carbonyl (C=O) groups is 3. The first-order chi connectivity index (χ1) is 12.8. The van der Waals surface area contributed by atoms with Gasteiger partial charge in [0, 0.05) is 19.3 Å². The van der Waals surface area contributed by atoms with Crippen LogP contribution in [0, 0.1) is 0 Å². The van der Waals surface area contributed by atoms with Crippen molar-refractivity contribution in [2.45, 2.75) is 65.0 Å². The molecule has 0 aliphatic heterocycles. The van der Waals surface area contributed by atoms with Crippen LogP contribution in [0.25, 0.3) is 0 Å². The van der Waals surface area contributed by atoms with Gasteiger partial charge in [-0.05, 0) is 12.8 Å². The molecule has 0 fully saturated rings. The molecular formula is C19H34N2NaO6+. The van der Waals surface area contributed by atoms with Crippen LogP contribution in [0.3, 0.4) is 0 Å². The fourth-order valence-electron chi connectivity index (χ4n) is 3.63. The van der Waals surface area contributed by atoms with E-state index in [0.29, 0.717) is 12.8 Å². The van der Waals surface area contributed by atoms with E-state index in [2.05, 4.69) is 5.32 Å². The largest absolute Gasteiger partial charge is 1.00 e. The molecule has 0 aliphatic rings. The van der Waals surface area contributed by atoms with Crippen LogP contribution in [-0.2, 0) is 14.4 Å². The fourth-order valence-corrected chi connectivity index (χ4v) is 3.63. The van der Waals surface area contributed by atoms with Crippen molar-refractivity contribution in [3.63, 3.8) is 0 Å². The number of hydrogen-bond acceptors (Lipinski definition) is 5. The maximum Gasteiger partial charge on any atom is 1.00 e. The topological polar surface area (TPSA) is 127 Å². The molecule has 3 unspecified atom stereocenters. The third-order valence-corrected chi connectivity index (χ3v) is 4.88. The Kier molecular flexibility index (Phi) is 16.7. The summed E-state index contributed by atoms with van der Waals surface area (Å²) in [6, 6.07) is -2.09. The average molecular weight is 409 g/mol. The van der Waals surface area contributed by atoms with E-state index >= 15 is 0 Å². The number of aliphatic hydroxyl groups excluding tert-OH is 1. The maximum atomic E-state index is 12.0. The third kappa shape index (κ3) is 9.05. The van der Waals surface area contributed by atoms with E-state index in [1.54, 1.807) is 13.8 Å². The van der Waals surface area contributed by atoms with Gasteiger partial charge >= 0.3 is 35.5 Å². The molecular weight excluding hydrogens is 375 g/mol. The number of nitrogens with zero attached hydrogens (tertiary/aromatic N) is 1. The number of carboxylic acid groups (broad SMARTS) is 2. The SMILES string of the molecule is CC/C=C/CCC(=O)NCC[N+](CCO)(C(CC)C(=O)[O-])C(CC)C(=O)O.[Na+]. The summed E-state index contributed by atoms with van der Waals surface area (Å²) < 4.78 is -0.350. The fraction of sp³-hybridized carbons (Fsp3) is 0.737. The summed E-state index contributed by atoms with van der Waals surface area (Å²) in [7, 11) is 0. The number of aliphatic carboxylic acids is 2. The zero-order valence-corrected chi connectivity index (χ0v) is 19.6. The smallest absolute Gasteiger partial charge is 0.544 e. The van der Waals surface area contributed by atoms with Crippen LogP contribution in [-0.4, -0.2) is 70.9 Å². The summed E-state index contributed by atoms with van der Waals surface area (Å²) >= 11 is 0. The first-order valence-corrected chi connectivity index (χ1v) is 9.63. The van der Waals surface area contributed by atoms with Crippen LogP contribution < -0.4 is 40.0 Å². The quantitative estimate of drug-likeness (QED) is 0.151. The monoisotopic (exact) mass is 409 g/mol. The standard InChI is InChI=1S/C19H34N2O6.Na/c1-4-7-8-9-10-17(23)20-11-12-21(13-14-22,15(5-2)18(24)25)16(6-3)19(26)27;/h7-8,15-16,22H,4-6,9-14H2,1-3H3,(H2-,20,23,24,25,26,27);/q;+1/b8-7+;. The van der Waals surface area contributed by atoms with Gasteiger partial charge in [-0.3, -0.25) is 4.79 Å². The summed E-state index contributed by atoms with van der Waals surface area (Å²) in [5.41, 5.74) is 0. The Balaban J connectivity index is 0. The van der Waals surface area contributed by atoms with Crippen molar-refractivity contribution in [2.24, 2.45) is 0 Å². The maximum absolute atomic E-state index is 12.0. The number of aliphatic hydroxyl groups is 1. The van der Waals surface area contributed by atoms with Gasteiger partial charge in [-0.15, -0.1) is 0 Å². The number of allylic oxidation sites excluding steroid dienone is 2. The number of quaternary nitrogens is 1. The second-order valence-electron chi connectivity index (χ2n) is 6.55. The van der Waals surface area contributed by atoms with Gasteiger partial charge in [0.1, 0.15) is 12.6 Å². The molecule has 9 heteroatoms. The Labute approximate surface area is 189 Å². The van der Waals surface area contributed by atoms with E-state index in [1.807, 2.05) is 19.1 Å². The van der Waals surface area contributed by atoms with Gasteiger partial charge in [-0.2, -0.15) is 0 Å². The number of amides is 1. The normalized spacial score (nSPS) is 15.3. The first kappa shape index (κ1) is 29.3. The van der Waals surface area contributed by atoms with Crippen LogP contribution in [0.1, 0.15) is 52.9 Å². The minimum absolute atomic E-state index is 0. The Hall–Kier alpha value is -0.930. The number of nitrogens with one attached hydrogen (secondary N) is 1. The summed E-state index contributed by atoms with van der Waals surface area (Å²) in [6.07, 6.45) is 6.09. The summed E-state index contributed by atoms with van der Waals surface area (Å²) in [4.78, 5) is 35.4. The molecule has 0 rings (SSSR count). The average Bonchev–Trinajstić information content (AvgIpc) is 2.59. The second-order valence-corrected chi connectivity index (χ2v) is 6.55. The van der Waals surface area contributed by atoms with E-state index in [0.717, 1.165) is 6.42 Å². The molecule has 3 N–H and O–H groups in total. The van der Waals surface area contributed by atoms with Crippen molar-refractivity contribution in [1.82, 2.24) is 5.32 Å². The molecule has 0 aromatic heterocycles. The van der Waals surface area contributed by atoms with Gasteiger partial charge in [-0.1, -0.05) is 32.9 Å². The molecule has 0 aromatic rings. The van der Waals surface area contributed by atoms with E-state index in [9.17, 15) is 29.7 Å². The van der Waals surface area contributed by atoms with Crippen molar-refractivity contribution in [3.8, 4) is 0 Å². The van der Waals surface area contributed by atoms with Crippen LogP contribution in [0.5, 0.6) is 0 Å².